The smallest absolute Gasteiger partial charge is 0.240 e. The van der Waals surface area contributed by atoms with Crippen molar-refractivity contribution in [3.05, 3.63) is 88.5 Å². The molecular formula is C27H33N3O2S. The van der Waals surface area contributed by atoms with Crippen LogP contribution in [0.25, 0.3) is 0 Å². The van der Waals surface area contributed by atoms with E-state index in [0.29, 0.717) is 11.4 Å². The summed E-state index contributed by atoms with van der Waals surface area (Å²) in [6, 6.07) is 20.4. The minimum Gasteiger partial charge on any atom is -0.378 e. The van der Waals surface area contributed by atoms with Gasteiger partial charge in [0.1, 0.15) is 0 Å². The lowest BCUT2D eigenvalue weighted by Gasteiger charge is -2.31. The number of nitrogens with zero attached hydrogens (tertiary/aromatic N) is 2. The summed E-state index contributed by atoms with van der Waals surface area (Å²) in [6.45, 7) is 6.97. The number of nitrogens with one attached hydrogen (secondary N) is 1. The van der Waals surface area contributed by atoms with Gasteiger partial charge in [-0.05, 0) is 79.3 Å². The van der Waals surface area contributed by atoms with Crippen LogP contribution >= 0.6 is 0 Å². The van der Waals surface area contributed by atoms with E-state index in [-0.39, 0.29) is 6.04 Å². The fraction of sp³-hybridized carbons (Fsp3) is 0.333. The molecule has 0 aromatic heterocycles. The van der Waals surface area contributed by atoms with E-state index < -0.39 is 10.0 Å². The van der Waals surface area contributed by atoms with Crippen molar-refractivity contribution >= 4 is 21.4 Å². The number of hydrogen-bond acceptors (Lipinski definition) is 4. The van der Waals surface area contributed by atoms with Crippen LogP contribution in [0.2, 0.25) is 0 Å². The van der Waals surface area contributed by atoms with E-state index in [2.05, 4.69) is 57.0 Å². The van der Waals surface area contributed by atoms with Crippen molar-refractivity contribution in [2.24, 2.45) is 0 Å². The summed E-state index contributed by atoms with van der Waals surface area (Å²) in [5.74, 6) is 0. The van der Waals surface area contributed by atoms with Gasteiger partial charge in [-0.1, -0.05) is 36.4 Å². The van der Waals surface area contributed by atoms with E-state index in [1.807, 2.05) is 47.0 Å². The van der Waals surface area contributed by atoms with Crippen LogP contribution in [0, 0.1) is 20.8 Å². The van der Waals surface area contributed by atoms with Gasteiger partial charge in [0, 0.05) is 38.6 Å². The van der Waals surface area contributed by atoms with Gasteiger partial charge in [-0.2, -0.15) is 0 Å². The normalized spacial score (nSPS) is 14.3. The zero-order chi connectivity index (χ0) is 23.8. The minimum atomic E-state index is -3.65. The number of sulfonamides is 1. The molecule has 0 bridgehead atoms. The Bertz CT molecular complexity index is 1250. The average Bonchev–Trinajstić information content (AvgIpc) is 3.20. The Labute approximate surface area is 198 Å². The molecule has 0 saturated carbocycles. The Morgan fingerprint density at radius 3 is 2.30 bits per heavy atom. The highest BCUT2D eigenvalue weighted by atomic mass is 32.2. The van der Waals surface area contributed by atoms with Gasteiger partial charge in [-0.3, -0.25) is 0 Å². The van der Waals surface area contributed by atoms with Gasteiger partial charge in [0.2, 0.25) is 10.0 Å². The summed E-state index contributed by atoms with van der Waals surface area (Å²) < 4.78 is 29.6. The van der Waals surface area contributed by atoms with Crippen molar-refractivity contribution in [1.29, 1.82) is 0 Å². The molecule has 0 fully saturated rings. The van der Waals surface area contributed by atoms with Gasteiger partial charge in [-0.25, -0.2) is 13.1 Å². The topological polar surface area (TPSA) is 52.7 Å². The molecule has 1 atom stereocenters. The third kappa shape index (κ3) is 4.77. The zero-order valence-corrected chi connectivity index (χ0v) is 20.9. The Morgan fingerprint density at radius 2 is 1.61 bits per heavy atom. The van der Waals surface area contributed by atoms with Gasteiger partial charge in [0.25, 0.3) is 0 Å². The molecule has 174 valence electrons. The highest BCUT2D eigenvalue weighted by molar-refractivity contribution is 7.89. The lowest BCUT2D eigenvalue weighted by Crippen LogP contribution is -2.37. The van der Waals surface area contributed by atoms with E-state index in [4.69, 9.17) is 0 Å². The number of hydrogen-bond donors (Lipinski definition) is 1. The maximum atomic E-state index is 13.3. The van der Waals surface area contributed by atoms with E-state index in [0.717, 1.165) is 40.9 Å². The SMILES string of the molecule is Cc1cc(C)c(S(=O)(=O)NCC(c2ccc(N(C)C)cc2)N2CCc3ccccc32)cc1C. The largest absolute Gasteiger partial charge is 0.378 e. The molecule has 1 heterocycles. The number of benzene rings is 3. The van der Waals surface area contributed by atoms with Gasteiger partial charge in [-0.15, -0.1) is 0 Å². The summed E-state index contributed by atoms with van der Waals surface area (Å²) in [5, 5.41) is 0. The second kappa shape index (κ2) is 9.20. The first-order valence-electron chi connectivity index (χ1n) is 11.4. The monoisotopic (exact) mass is 463 g/mol. The number of anilines is 2. The molecule has 1 unspecified atom stereocenters. The van der Waals surface area contributed by atoms with E-state index >= 15 is 0 Å². The molecule has 0 saturated heterocycles. The van der Waals surface area contributed by atoms with Crippen LogP contribution in [0.5, 0.6) is 0 Å². The maximum absolute atomic E-state index is 13.3. The molecule has 0 amide bonds. The van der Waals surface area contributed by atoms with Crippen LogP contribution in [0.4, 0.5) is 11.4 Å². The Kier molecular flexibility index (Phi) is 6.50. The van der Waals surface area contributed by atoms with Gasteiger partial charge < -0.3 is 9.80 Å². The molecule has 0 aliphatic carbocycles. The zero-order valence-electron chi connectivity index (χ0n) is 20.1. The number of aryl methyl sites for hydroxylation is 3. The molecule has 0 spiro atoms. The molecule has 0 radical (unpaired) electrons. The van der Waals surface area contributed by atoms with Crippen molar-refractivity contribution in [2.75, 3.05) is 37.0 Å². The van der Waals surface area contributed by atoms with Crippen LogP contribution in [-0.2, 0) is 16.4 Å². The van der Waals surface area contributed by atoms with Crippen LogP contribution in [-0.4, -0.2) is 35.6 Å². The quantitative estimate of drug-likeness (QED) is 0.549. The minimum absolute atomic E-state index is 0.105. The molecule has 1 aliphatic heterocycles. The third-order valence-corrected chi connectivity index (χ3v) is 8.21. The van der Waals surface area contributed by atoms with Crippen molar-refractivity contribution in [3.8, 4) is 0 Å². The van der Waals surface area contributed by atoms with Gasteiger partial charge in [0.05, 0.1) is 10.9 Å². The first kappa shape index (κ1) is 23.3. The van der Waals surface area contributed by atoms with Crippen molar-refractivity contribution in [3.63, 3.8) is 0 Å². The lowest BCUT2D eigenvalue weighted by atomic mass is 10.0. The van der Waals surface area contributed by atoms with Gasteiger partial charge in [0.15, 0.2) is 0 Å². The fourth-order valence-corrected chi connectivity index (χ4v) is 5.93. The molecule has 3 aromatic carbocycles. The molecule has 33 heavy (non-hydrogen) atoms. The van der Waals surface area contributed by atoms with Gasteiger partial charge >= 0.3 is 0 Å². The number of fused-ring (bicyclic) bond motifs is 1. The summed E-state index contributed by atoms with van der Waals surface area (Å²) in [6.07, 6.45) is 0.964. The van der Waals surface area contributed by atoms with Crippen molar-refractivity contribution in [2.45, 2.75) is 38.1 Å². The predicted octanol–water partition coefficient (Wildman–Crippen LogP) is 4.76. The maximum Gasteiger partial charge on any atom is 0.240 e. The summed E-state index contributed by atoms with van der Waals surface area (Å²) in [5.41, 5.74) is 7.54. The molecule has 3 aromatic rings. The van der Waals surface area contributed by atoms with Crippen molar-refractivity contribution in [1.82, 2.24) is 4.72 Å². The van der Waals surface area contributed by atoms with Crippen LogP contribution < -0.4 is 14.5 Å². The first-order chi connectivity index (χ1) is 15.7. The molecule has 5 nitrogen and oxygen atoms in total. The summed E-state index contributed by atoms with van der Waals surface area (Å²) in [4.78, 5) is 4.75. The Hall–Kier alpha value is -2.83. The molecule has 1 aliphatic rings. The third-order valence-electron chi connectivity index (χ3n) is 6.64. The highest BCUT2D eigenvalue weighted by Crippen LogP contribution is 2.35. The number of rotatable bonds is 7. The second-order valence-corrected chi connectivity index (χ2v) is 10.9. The molecule has 4 rings (SSSR count). The Balaban J connectivity index is 1.66. The second-order valence-electron chi connectivity index (χ2n) is 9.13. The summed E-state index contributed by atoms with van der Waals surface area (Å²) >= 11 is 0. The molecular weight excluding hydrogens is 430 g/mol. The van der Waals surface area contributed by atoms with Crippen LogP contribution in [0.3, 0.4) is 0 Å². The first-order valence-corrected chi connectivity index (χ1v) is 12.8. The van der Waals surface area contributed by atoms with E-state index in [9.17, 15) is 8.42 Å². The lowest BCUT2D eigenvalue weighted by molar-refractivity contribution is 0.562. The standard InChI is InChI=1S/C27H33N3O2S/c1-19-16-21(3)27(17-20(19)2)33(31,32)28-18-26(23-10-12-24(13-11-23)29(4)5)30-15-14-22-8-6-7-9-25(22)30/h6-13,16-17,26,28H,14-15,18H2,1-5H3. The predicted molar refractivity (Wildman–Crippen MR) is 137 cm³/mol. The van der Waals surface area contributed by atoms with Crippen LogP contribution in [0.1, 0.15) is 33.9 Å². The molecule has 6 heteroatoms. The summed E-state index contributed by atoms with van der Waals surface area (Å²) in [7, 11) is 0.387. The fourth-order valence-electron chi connectivity index (χ4n) is 4.58. The van der Waals surface area contributed by atoms with Crippen molar-refractivity contribution < 1.29 is 8.42 Å². The Morgan fingerprint density at radius 1 is 0.939 bits per heavy atom. The van der Waals surface area contributed by atoms with E-state index in [1.165, 1.54) is 11.3 Å². The molecule has 1 N–H and O–H groups in total. The number of para-hydroxylation sites is 1. The highest BCUT2D eigenvalue weighted by Gasteiger charge is 2.29. The average molecular weight is 464 g/mol. The van der Waals surface area contributed by atoms with E-state index in [1.54, 1.807) is 6.07 Å². The van der Waals surface area contributed by atoms with Crippen LogP contribution in [0.15, 0.2) is 65.6 Å².